The van der Waals surface area contributed by atoms with Crippen LogP contribution in [0.5, 0.6) is 0 Å². The van der Waals surface area contributed by atoms with Gasteiger partial charge in [-0.15, -0.1) is 56.8 Å². The molecule has 0 radical (unpaired) electrons. The minimum atomic E-state index is 0. The lowest BCUT2D eigenvalue weighted by Crippen LogP contribution is -2.39. The van der Waals surface area contributed by atoms with Gasteiger partial charge < -0.3 is 19.5 Å². The maximum Gasteiger partial charge on any atom is 0.194 e. The van der Waals surface area contributed by atoms with E-state index in [9.17, 15) is 0 Å². The summed E-state index contributed by atoms with van der Waals surface area (Å²) >= 11 is 3.40. The topological polar surface area (TPSA) is 80.5 Å². The van der Waals surface area contributed by atoms with E-state index >= 15 is 0 Å². The Morgan fingerprint density at radius 3 is 2.81 bits per heavy atom. The van der Waals surface area contributed by atoms with Crippen LogP contribution in [0, 0.1) is 6.92 Å². The van der Waals surface area contributed by atoms with Crippen molar-refractivity contribution in [1.82, 2.24) is 30.0 Å². The standard InChI is InChI=1S/C20H29N7OS2.HI/c1-14(28-5)19-23-16(13-30-19)12-26(3)20(21-9-8-17-7-6-10-29-17)22-11-18-25-24-15(2)27(18)4;/h6-7,10,13-14H,8-9,11-12H2,1-5H3,(H,21,22);1H. The fraction of sp³-hybridized carbons (Fsp3) is 0.500. The van der Waals surface area contributed by atoms with Gasteiger partial charge in [0.1, 0.15) is 23.5 Å². The zero-order valence-electron chi connectivity index (χ0n) is 18.5. The van der Waals surface area contributed by atoms with Crippen molar-refractivity contribution >= 4 is 52.6 Å². The number of thiophene rings is 1. The lowest BCUT2D eigenvalue weighted by molar-refractivity contribution is 0.119. The number of guanidine groups is 1. The number of hydrogen-bond donors (Lipinski definition) is 1. The lowest BCUT2D eigenvalue weighted by Gasteiger charge is -2.21. The molecule has 1 unspecified atom stereocenters. The van der Waals surface area contributed by atoms with Gasteiger partial charge in [-0.05, 0) is 31.7 Å². The summed E-state index contributed by atoms with van der Waals surface area (Å²) in [6, 6.07) is 4.24. The minimum Gasteiger partial charge on any atom is -0.375 e. The predicted octanol–water partition coefficient (Wildman–Crippen LogP) is 3.79. The summed E-state index contributed by atoms with van der Waals surface area (Å²) in [6.07, 6.45) is 0.963. The van der Waals surface area contributed by atoms with Crippen molar-refractivity contribution in [1.29, 1.82) is 0 Å². The average molecular weight is 576 g/mol. The van der Waals surface area contributed by atoms with Gasteiger partial charge in [-0.1, -0.05) is 6.07 Å². The van der Waals surface area contributed by atoms with E-state index in [1.54, 1.807) is 29.8 Å². The van der Waals surface area contributed by atoms with E-state index in [2.05, 4.69) is 43.3 Å². The van der Waals surface area contributed by atoms with Gasteiger partial charge >= 0.3 is 0 Å². The molecule has 3 rings (SSSR count). The number of aliphatic imine (C=N–C) groups is 1. The molecule has 170 valence electrons. The summed E-state index contributed by atoms with van der Waals surface area (Å²) in [5, 5.41) is 17.0. The number of halogens is 1. The van der Waals surface area contributed by atoms with Crippen LogP contribution in [0.3, 0.4) is 0 Å². The van der Waals surface area contributed by atoms with E-state index < -0.39 is 0 Å². The number of nitrogens with one attached hydrogen (secondary N) is 1. The zero-order valence-corrected chi connectivity index (χ0v) is 22.5. The van der Waals surface area contributed by atoms with Crippen LogP contribution < -0.4 is 5.32 Å². The smallest absolute Gasteiger partial charge is 0.194 e. The number of nitrogens with zero attached hydrogens (tertiary/aromatic N) is 6. The summed E-state index contributed by atoms with van der Waals surface area (Å²) in [7, 11) is 5.69. The molecule has 8 nitrogen and oxygen atoms in total. The van der Waals surface area contributed by atoms with E-state index in [0.29, 0.717) is 13.1 Å². The second kappa shape index (κ2) is 12.5. The maximum atomic E-state index is 5.38. The molecular weight excluding hydrogens is 545 g/mol. The van der Waals surface area contributed by atoms with Gasteiger partial charge in [0.25, 0.3) is 0 Å². The van der Waals surface area contributed by atoms with E-state index in [-0.39, 0.29) is 30.1 Å². The van der Waals surface area contributed by atoms with Gasteiger partial charge in [-0.25, -0.2) is 9.98 Å². The molecule has 3 aromatic heterocycles. The fourth-order valence-electron chi connectivity index (χ4n) is 2.80. The highest BCUT2D eigenvalue weighted by Crippen LogP contribution is 2.21. The van der Waals surface area contributed by atoms with Crippen LogP contribution in [0.2, 0.25) is 0 Å². The molecule has 0 fully saturated rings. The summed E-state index contributed by atoms with van der Waals surface area (Å²) in [5.74, 6) is 2.54. The van der Waals surface area contributed by atoms with Crippen LogP contribution in [0.4, 0.5) is 0 Å². The zero-order chi connectivity index (χ0) is 21.5. The molecule has 1 atom stereocenters. The van der Waals surface area contributed by atoms with Gasteiger partial charge in [-0.3, -0.25) is 0 Å². The van der Waals surface area contributed by atoms with Crippen molar-refractivity contribution in [2.75, 3.05) is 20.7 Å². The second-order valence-corrected chi connectivity index (χ2v) is 8.95. The van der Waals surface area contributed by atoms with Crippen LogP contribution in [0.25, 0.3) is 0 Å². The SMILES string of the molecule is COC(C)c1nc(CN(C)C(=NCc2nnc(C)n2C)NCCc2cccs2)cs1.I. The van der Waals surface area contributed by atoms with Crippen LogP contribution in [0.1, 0.15) is 40.3 Å². The number of methoxy groups -OCH3 is 1. The molecule has 0 amide bonds. The highest BCUT2D eigenvalue weighted by Gasteiger charge is 2.14. The normalized spacial score (nSPS) is 12.5. The molecular formula is C20H30IN7OS2. The number of rotatable bonds is 9. The molecule has 0 aliphatic heterocycles. The van der Waals surface area contributed by atoms with Crippen molar-refractivity contribution in [2.45, 2.75) is 39.5 Å². The van der Waals surface area contributed by atoms with Gasteiger partial charge in [0, 0.05) is 38.0 Å². The van der Waals surface area contributed by atoms with Crippen LogP contribution in [0.15, 0.2) is 27.9 Å². The first-order valence-corrected chi connectivity index (χ1v) is 11.6. The Hall–Kier alpha value is -1.57. The van der Waals surface area contributed by atoms with Crippen molar-refractivity contribution in [2.24, 2.45) is 12.0 Å². The van der Waals surface area contributed by atoms with Crippen LogP contribution >= 0.6 is 46.7 Å². The fourth-order valence-corrected chi connectivity index (χ4v) is 4.35. The number of hydrogen-bond acceptors (Lipinski definition) is 7. The van der Waals surface area contributed by atoms with Gasteiger partial charge in [-0.2, -0.15) is 0 Å². The molecule has 0 saturated heterocycles. The number of thiazole rings is 1. The minimum absolute atomic E-state index is 0. The Balaban J connectivity index is 0.00000341. The highest BCUT2D eigenvalue weighted by atomic mass is 127. The third-order valence-corrected chi connectivity index (χ3v) is 6.81. The predicted molar refractivity (Wildman–Crippen MR) is 137 cm³/mol. The summed E-state index contributed by atoms with van der Waals surface area (Å²) in [5.41, 5.74) is 1.00. The molecule has 11 heteroatoms. The first kappa shape index (κ1) is 25.7. The van der Waals surface area contributed by atoms with Crippen molar-refractivity contribution in [3.8, 4) is 0 Å². The third kappa shape index (κ3) is 7.22. The number of aromatic nitrogens is 4. The van der Waals surface area contributed by atoms with Crippen molar-refractivity contribution in [3.05, 3.63) is 50.1 Å². The van der Waals surface area contributed by atoms with E-state index in [1.165, 1.54) is 4.88 Å². The molecule has 3 aromatic rings. The highest BCUT2D eigenvalue weighted by molar-refractivity contribution is 14.0. The van der Waals surface area contributed by atoms with E-state index in [4.69, 9.17) is 14.7 Å². The Kier molecular flexibility index (Phi) is 10.3. The largest absolute Gasteiger partial charge is 0.375 e. The quantitative estimate of drug-likeness (QED) is 0.238. The van der Waals surface area contributed by atoms with Gasteiger partial charge in [0.05, 0.1) is 12.2 Å². The Bertz CT molecular complexity index is 955. The van der Waals surface area contributed by atoms with Crippen molar-refractivity contribution < 1.29 is 4.74 Å². The molecule has 0 aromatic carbocycles. The van der Waals surface area contributed by atoms with E-state index in [1.807, 2.05) is 32.5 Å². The van der Waals surface area contributed by atoms with E-state index in [0.717, 1.165) is 41.3 Å². The third-order valence-electron chi connectivity index (χ3n) is 4.82. The van der Waals surface area contributed by atoms with Crippen LogP contribution in [-0.4, -0.2) is 51.3 Å². The lowest BCUT2D eigenvalue weighted by atomic mass is 10.3. The average Bonchev–Trinajstić information content (AvgIpc) is 3.48. The maximum absolute atomic E-state index is 5.38. The summed E-state index contributed by atoms with van der Waals surface area (Å²) in [4.78, 5) is 13.0. The molecule has 1 N–H and O–H groups in total. The Labute approximate surface area is 208 Å². The molecule has 3 heterocycles. The van der Waals surface area contributed by atoms with Crippen molar-refractivity contribution in [3.63, 3.8) is 0 Å². The summed E-state index contributed by atoms with van der Waals surface area (Å²) in [6.45, 7) is 5.88. The number of aryl methyl sites for hydroxylation is 1. The Morgan fingerprint density at radius 2 is 2.16 bits per heavy atom. The molecule has 0 aliphatic rings. The number of ether oxygens (including phenoxy) is 1. The molecule has 0 saturated carbocycles. The molecule has 31 heavy (non-hydrogen) atoms. The first-order valence-electron chi connectivity index (χ1n) is 9.81. The second-order valence-electron chi connectivity index (χ2n) is 7.03. The molecule has 0 spiro atoms. The van der Waals surface area contributed by atoms with Gasteiger partial charge in [0.2, 0.25) is 0 Å². The monoisotopic (exact) mass is 575 g/mol. The summed E-state index contributed by atoms with van der Waals surface area (Å²) < 4.78 is 7.34. The van der Waals surface area contributed by atoms with Gasteiger partial charge in [0.15, 0.2) is 11.8 Å². The first-order chi connectivity index (χ1) is 14.5. The van der Waals surface area contributed by atoms with Crippen LogP contribution in [-0.2, 0) is 31.3 Å². The molecule has 0 bridgehead atoms. The Morgan fingerprint density at radius 1 is 1.35 bits per heavy atom. The molecule has 0 aliphatic carbocycles.